The van der Waals surface area contributed by atoms with E-state index in [9.17, 15) is 35.8 Å². The average molecular weight is 395 g/mol. The maximum Gasteiger partial charge on any atom is 0.416 e. The van der Waals surface area contributed by atoms with E-state index in [0.29, 0.717) is 11.1 Å². The maximum absolute atomic E-state index is 13.3. The summed E-state index contributed by atoms with van der Waals surface area (Å²) in [6, 6.07) is 9.17. The minimum absolute atomic E-state index is 0.119. The maximum atomic E-state index is 13.3. The first-order chi connectivity index (χ1) is 12.4. The normalized spacial score (nSPS) is 13.8. The standard InChI is InChI=1S/C18H16F7NO/c19-15-3-1-2-13(8-15)10-26(11-16(27)18(23,24)25)9-12-4-6-14(7-5-12)17(20,21)22/h1-8,16,27H,9-11H2. The fourth-order valence-electron chi connectivity index (χ4n) is 2.48. The Hall–Kier alpha value is -2.13. The minimum Gasteiger partial charge on any atom is -0.382 e. The van der Waals surface area contributed by atoms with Crippen LogP contribution in [0.15, 0.2) is 48.5 Å². The molecular weight excluding hydrogens is 379 g/mol. The number of aliphatic hydroxyl groups is 1. The van der Waals surface area contributed by atoms with Gasteiger partial charge in [0.25, 0.3) is 0 Å². The van der Waals surface area contributed by atoms with Crippen molar-refractivity contribution in [3.63, 3.8) is 0 Å². The van der Waals surface area contributed by atoms with Crippen LogP contribution in [0.5, 0.6) is 0 Å². The van der Waals surface area contributed by atoms with Crippen molar-refractivity contribution in [2.45, 2.75) is 31.5 Å². The molecule has 0 aliphatic heterocycles. The van der Waals surface area contributed by atoms with Gasteiger partial charge in [-0.1, -0.05) is 24.3 Å². The van der Waals surface area contributed by atoms with Crippen LogP contribution in [0.3, 0.4) is 0 Å². The molecule has 0 heterocycles. The molecule has 1 unspecified atom stereocenters. The van der Waals surface area contributed by atoms with E-state index in [1.165, 1.54) is 23.1 Å². The van der Waals surface area contributed by atoms with Gasteiger partial charge >= 0.3 is 12.4 Å². The van der Waals surface area contributed by atoms with Gasteiger partial charge in [0.15, 0.2) is 6.10 Å². The summed E-state index contributed by atoms with van der Waals surface area (Å²) >= 11 is 0. The van der Waals surface area contributed by atoms with Crippen molar-refractivity contribution in [1.82, 2.24) is 4.90 Å². The zero-order valence-corrected chi connectivity index (χ0v) is 13.9. The van der Waals surface area contributed by atoms with E-state index in [1.54, 1.807) is 0 Å². The van der Waals surface area contributed by atoms with Crippen molar-refractivity contribution in [2.24, 2.45) is 0 Å². The van der Waals surface area contributed by atoms with E-state index in [0.717, 1.165) is 30.3 Å². The van der Waals surface area contributed by atoms with Gasteiger partial charge in [0.2, 0.25) is 0 Å². The second-order valence-electron chi connectivity index (χ2n) is 6.05. The summed E-state index contributed by atoms with van der Waals surface area (Å²) in [5, 5.41) is 9.33. The Morgan fingerprint density at radius 2 is 1.44 bits per heavy atom. The van der Waals surface area contributed by atoms with Crippen molar-refractivity contribution in [2.75, 3.05) is 6.54 Å². The minimum atomic E-state index is -4.85. The predicted octanol–water partition coefficient (Wildman–Crippen LogP) is 4.77. The number of rotatable bonds is 6. The highest BCUT2D eigenvalue weighted by Crippen LogP contribution is 2.29. The van der Waals surface area contributed by atoms with E-state index in [-0.39, 0.29) is 13.1 Å². The van der Waals surface area contributed by atoms with E-state index < -0.39 is 36.4 Å². The van der Waals surface area contributed by atoms with Gasteiger partial charge in [-0.15, -0.1) is 0 Å². The van der Waals surface area contributed by atoms with Crippen molar-refractivity contribution >= 4 is 0 Å². The summed E-state index contributed by atoms with van der Waals surface area (Å²) in [6.45, 7) is -1.07. The predicted molar refractivity (Wildman–Crippen MR) is 84.0 cm³/mol. The van der Waals surface area contributed by atoms with Crippen molar-refractivity contribution < 1.29 is 35.8 Å². The Morgan fingerprint density at radius 3 is 1.96 bits per heavy atom. The van der Waals surface area contributed by atoms with E-state index in [2.05, 4.69) is 0 Å². The average Bonchev–Trinajstić information content (AvgIpc) is 2.53. The Kier molecular flexibility index (Phi) is 6.48. The monoisotopic (exact) mass is 395 g/mol. The van der Waals surface area contributed by atoms with Crippen LogP contribution in [0.4, 0.5) is 30.7 Å². The molecule has 27 heavy (non-hydrogen) atoms. The molecule has 0 aliphatic carbocycles. The second kappa shape index (κ2) is 8.26. The number of alkyl halides is 6. The molecule has 1 N–H and O–H groups in total. The molecule has 0 aromatic heterocycles. The first kappa shape index (κ1) is 21.2. The summed E-state index contributed by atoms with van der Waals surface area (Å²) < 4.78 is 89.1. The molecule has 0 bridgehead atoms. The molecule has 0 aliphatic rings. The first-order valence-electron chi connectivity index (χ1n) is 7.83. The molecule has 0 saturated heterocycles. The lowest BCUT2D eigenvalue weighted by molar-refractivity contribution is -0.208. The molecule has 2 rings (SSSR count). The van der Waals surface area contributed by atoms with Crippen LogP contribution in [0.2, 0.25) is 0 Å². The third-order valence-electron chi connectivity index (χ3n) is 3.79. The van der Waals surface area contributed by atoms with Gasteiger partial charge in [0.1, 0.15) is 5.82 Å². The molecule has 0 fully saturated rings. The summed E-state index contributed by atoms with van der Waals surface area (Å²) in [4.78, 5) is 1.19. The zero-order chi connectivity index (χ0) is 20.2. The van der Waals surface area contributed by atoms with Crippen LogP contribution in [0, 0.1) is 5.82 Å². The molecule has 0 radical (unpaired) electrons. The molecule has 2 aromatic rings. The number of benzene rings is 2. The fraction of sp³-hybridized carbons (Fsp3) is 0.333. The SMILES string of the molecule is OC(CN(Cc1ccc(C(F)(F)F)cc1)Cc1cccc(F)c1)C(F)(F)F. The Morgan fingerprint density at radius 1 is 0.852 bits per heavy atom. The van der Waals surface area contributed by atoms with Gasteiger partial charge in [0, 0.05) is 19.6 Å². The van der Waals surface area contributed by atoms with Crippen molar-refractivity contribution in [3.8, 4) is 0 Å². The second-order valence-corrected chi connectivity index (χ2v) is 6.05. The summed E-state index contributed by atoms with van der Waals surface area (Å²) in [5.41, 5.74) is -0.177. The number of hydrogen-bond acceptors (Lipinski definition) is 2. The van der Waals surface area contributed by atoms with Gasteiger partial charge in [-0.2, -0.15) is 26.3 Å². The van der Waals surface area contributed by atoms with Crippen molar-refractivity contribution in [1.29, 1.82) is 0 Å². The molecule has 9 heteroatoms. The summed E-state index contributed by atoms with van der Waals surface area (Å²) in [5.74, 6) is -0.571. The molecule has 0 saturated carbocycles. The number of halogens is 7. The highest BCUT2D eigenvalue weighted by molar-refractivity contribution is 5.25. The third kappa shape index (κ3) is 6.51. The van der Waals surface area contributed by atoms with Crippen LogP contribution in [0.25, 0.3) is 0 Å². The van der Waals surface area contributed by atoms with Crippen LogP contribution in [-0.2, 0) is 19.3 Å². The quantitative estimate of drug-likeness (QED) is 0.713. The summed E-state index contributed by atoms with van der Waals surface area (Å²) in [7, 11) is 0. The Bertz CT molecular complexity index is 741. The Labute approximate surface area is 150 Å². The van der Waals surface area contributed by atoms with Gasteiger partial charge in [-0.05, 0) is 35.4 Å². The van der Waals surface area contributed by atoms with Crippen molar-refractivity contribution in [3.05, 3.63) is 71.0 Å². The fourth-order valence-corrected chi connectivity index (χ4v) is 2.48. The lowest BCUT2D eigenvalue weighted by atomic mass is 10.1. The van der Waals surface area contributed by atoms with Gasteiger partial charge in [-0.25, -0.2) is 4.39 Å². The molecule has 148 valence electrons. The van der Waals surface area contributed by atoms with Crippen LogP contribution < -0.4 is 0 Å². The number of hydrogen-bond donors (Lipinski definition) is 1. The van der Waals surface area contributed by atoms with Gasteiger partial charge in [-0.3, -0.25) is 4.90 Å². The lowest BCUT2D eigenvalue weighted by Crippen LogP contribution is -2.40. The molecular formula is C18H16F7NO. The highest BCUT2D eigenvalue weighted by Gasteiger charge is 2.39. The highest BCUT2D eigenvalue weighted by atomic mass is 19.4. The van der Waals surface area contributed by atoms with E-state index in [4.69, 9.17) is 0 Å². The topological polar surface area (TPSA) is 23.5 Å². The van der Waals surface area contributed by atoms with Gasteiger partial charge in [0.05, 0.1) is 5.56 Å². The number of aliphatic hydroxyl groups excluding tert-OH is 1. The van der Waals surface area contributed by atoms with E-state index >= 15 is 0 Å². The third-order valence-corrected chi connectivity index (χ3v) is 3.79. The number of nitrogens with zero attached hydrogens (tertiary/aromatic N) is 1. The summed E-state index contributed by atoms with van der Waals surface area (Å²) in [6.07, 6.45) is -12.0. The Balaban J connectivity index is 2.18. The molecule has 1 atom stereocenters. The van der Waals surface area contributed by atoms with Gasteiger partial charge < -0.3 is 5.11 Å². The molecule has 2 nitrogen and oxygen atoms in total. The van der Waals surface area contributed by atoms with Crippen LogP contribution in [-0.4, -0.2) is 28.8 Å². The molecule has 2 aromatic carbocycles. The van der Waals surface area contributed by atoms with Crippen LogP contribution in [0.1, 0.15) is 16.7 Å². The lowest BCUT2D eigenvalue weighted by Gasteiger charge is -2.26. The van der Waals surface area contributed by atoms with E-state index in [1.807, 2.05) is 0 Å². The largest absolute Gasteiger partial charge is 0.416 e. The molecule has 0 spiro atoms. The smallest absolute Gasteiger partial charge is 0.382 e. The first-order valence-corrected chi connectivity index (χ1v) is 7.83. The zero-order valence-electron chi connectivity index (χ0n) is 13.9. The van der Waals surface area contributed by atoms with Crippen LogP contribution >= 0.6 is 0 Å². The molecule has 0 amide bonds.